The molecule has 1 fully saturated rings. The SMILES string of the molecule is NC(=O)C1CN(c2ccc(F)cc2)CCN1C(=O)c1cnco1. The van der Waals surface area contributed by atoms with Crippen molar-refractivity contribution in [2.24, 2.45) is 5.73 Å². The number of carbonyl (C=O) groups excluding carboxylic acids is 2. The van der Waals surface area contributed by atoms with E-state index in [-0.39, 0.29) is 18.1 Å². The van der Waals surface area contributed by atoms with Gasteiger partial charge in [-0.15, -0.1) is 0 Å². The van der Waals surface area contributed by atoms with Crippen LogP contribution in [0, 0.1) is 5.82 Å². The molecule has 1 unspecified atom stereocenters. The molecule has 0 aliphatic carbocycles. The molecule has 2 heterocycles. The first-order valence-corrected chi connectivity index (χ1v) is 7.05. The maximum absolute atomic E-state index is 13.0. The number of amides is 2. The number of aromatic nitrogens is 1. The molecule has 0 spiro atoms. The molecule has 1 saturated heterocycles. The van der Waals surface area contributed by atoms with Crippen LogP contribution in [-0.2, 0) is 4.79 Å². The molecule has 2 amide bonds. The number of oxazole rings is 1. The number of hydrogen-bond donors (Lipinski definition) is 1. The van der Waals surface area contributed by atoms with E-state index in [1.165, 1.54) is 23.2 Å². The van der Waals surface area contributed by atoms with Gasteiger partial charge in [-0.25, -0.2) is 9.37 Å². The second-order valence-electron chi connectivity index (χ2n) is 5.20. The fourth-order valence-corrected chi connectivity index (χ4v) is 2.62. The van der Waals surface area contributed by atoms with E-state index >= 15 is 0 Å². The van der Waals surface area contributed by atoms with Crippen LogP contribution in [0.3, 0.4) is 0 Å². The number of carbonyl (C=O) groups is 2. The molecule has 120 valence electrons. The number of primary amides is 1. The van der Waals surface area contributed by atoms with E-state index < -0.39 is 17.9 Å². The maximum Gasteiger partial charge on any atom is 0.292 e. The van der Waals surface area contributed by atoms with Crippen molar-refractivity contribution in [3.63, 3.8) is 0 Å². The van der Waals surface area contributed by atoms with Crippen molar-refractivity contribution < 1.29 is 18.4 Å². The minimum atomic E-state index is -0.800. The Hall–Kier alpha value is -2.90. The largest absolute Gasteiger partial charge is 0.438 e. The highest BCUT2D eigenvalue weighted by Gasteiger charge is 2.35. The predicted octanol–water partition coefficient (Wildman–Crippen LogP) is 0.630. The van der Waals surface area contributed by atoms with E-state index in [9.17, 15) is 14.0 Å². The molecule has 0 radical (unpaired) electrons. The van der Waals surface area contributed by atoms with Gasteiger partial charge in [-0.05, 0) is 24.3 Å². The smallest absolute Gasteiger partial charge is 0.292 e. The summed E-state index contributed by atoms with van der Waals surface area (Å²) in [6, 6.07) is 5.15. The first kappa shape index (κ1) is 15.0. The first-order valence-electron chi connectivity index (χ1n) is 7.05. The normalized spacial score (nSPS) is 18.0. The Balaban J connectivity index is 1.79. The van der Waals surface area contributed by atoms with E-state index in [2.05, 4.69) is 4.98 Å². The highest BCUT2D eigenvalue weighted by atomic mass is 19.1. The number of nitrogens with zero attached hydrogens (tertiary/aromatic N) is 3. The van der Waals surface area contributed by atoms with Crippen LogP contribution in [0.25, 0.3) is 0 Å². The number of piperazine rings is 1. The average molecular weight is 318 g/mol. The summed E-state index contributed by atoms with van der Waals surface area (Å²) in [5, 5.41) is 0. The van der Waals surface area contributed by atoms with Gasteiger partial charge < -0.3 is 20.0 Å². The van der Waals surface area contributed by atoms with Gasteiger partial charge in [0.1, 0.15) is 11.9 Å². The Morgan fingerprint density at radius 1 is 1.26 bits per heavy atom. The number of hydrogen-bond acceptors (Lipinski definition) is 5. The summed E-state index contributed by atoms with van der Waals surface area (Å²) >= 11 is 0. The highest BCUT2D eigenvalue weighted by molar-refractivity contribution is 5.95. The Kier molecular flexibility index (Phi) is 3.96. The topological polar surface area (TPSA) is 92.7 Å². The molecule has 23 heavy (non-hydrogen) atoms. The van der Waals surface area contributed by atoms with Gasteiger partial charge in [-0.3, -0.25) is 9.59 Å². The molecule has 2 aromatic rings. The Morgan fingerprint density at radius 3 is 2.61 bits per heavy atom. The molecular weight excluding hydrogens is 303 g/mol. The second kappa shape index (κ2) is 6.07. The lowest BCUT2D eigenvalue weighted by Gasteiger charge is -2.40. The third-order valence-electron chi connectivity index (χ3n) is 3.80. The van der Waals surface area contributed by atoms with Gasteiger partial charge in [-0.1, -0.05) is 0 Å². The molecule has 8 heteroatoms. The molecule has 7 nitrogen and oxygen atoms in total. The van der Waals surface area contributed by atoms with Gasteiger partial charge in [-0.2, -0.15) is 0 Å². The second-order valence-corrected chi connectivity index (χ2v) is 5.20. The Morgan fingerprint density at radius 2 is 2.00 bits per heavy atom. The third kappa shape index (κ3) is 3.01. The van der Waals surface area contributed by atoms with Gasteiger partial charge in [0.2, 0.25) is 11.7 Å². The van der Waals surface area contributed by atoms with E-state index in [1.807, 2.05) is 4.90 Å². The van der Waals surface area contributed by atoms with Crippen LogP contribution in [0.2, 0.25) is 0 Å². The lowest BCUT2D eigenvalue weighted by Crippen LogP contribution is -2.60. The van der Waals surface area contributed by atoms with Gasteiger partial charge in [0, 0.05) is 25.3 Å². The number of benzene rings is 1. The lowest BCUT2D eigenvalue weighted by atomic mass is 10.1. The van der Waals surface area contributed by atoms with Gasteiger partial charge in [0.25, 0.3) is 5.91 Å². The van der Waals surface area contributed by atoms with Gasteiger partial charge in [0.15, 0.2) is 6.39 Å². The van der Waals surface area contributed by atoms with E-state index in [1.54, 1.807) is 12.1 Å². The van der Waals surface area contributed by atoms with Crippen molar-refractivity contribution in [2.45, 2.75) is 6.04 Å². The van der Waals surface area contributed by atoms with Gasteiger partial charge >= 0.3 is 0 Å². The van der Waals surface area contributed by atoms with Crippen LogP contribution in [0.1, 0.15) is 10.6 Å². The minimum Gasteiger partial charge on any atom is -0.438 e. The van der Waals surface area contributed by atoms with Crippen LogP contribution >= 0.6 is 0 Å². The zero-order valence-electron chi connectivity index (χ0n) is 12.2. The molecular formula is C15H15FN4O3. The highest BCUT2D eigenvalue weighted by Crippen LogP contribution is 2.21. The number of anilines is 1. The molecule has 0 saturated carbocycles. The van der Waals surface area contributed by atoms with Crippen molar-refractivity contribution in [1.29, 1.82) is 0 Å². The van der Waals surface area contributed by atoms with Crippen molar-refractivity contribution >= 4 is 17.5 Å². The monoisotopic (exact) mass is 318 g/mol. The van der Waals surface area contributed by atoms with Crippen LogP contribution in [0.15, 0.2) is 41.3 Å². The quantitative estimate of drug-likeness (QED) is 0.896. The summed E-state index contributed by atoms with van der Waals surface area (Å²) in [5.74, 6) is -1.31. The molecule has 1 aliphatic rings. The summed E-state index contributed by atoms with van der Waals surface area (Å²) in [6.07, 6.45) is 2.45. The van der Waals surface area contributed by atoms with Gasteiger partial charge in [0.05, 0.1) is 6.20 Å². The Bertz CT molecular complexity index is 702. The molecule has 2 N–H and O–H groups in total. The first-order chi connectivity index (χ1) is 11.1. The minimum absolute atomic E-state index is 0.0616. The van der Waals surface area contributed by atoms with Crippen LogP contribution in [0.5, 0.6) is 0 Å². The van der Waals surface area contributed by atoms with E-state index in [4.69, 9.17) is 10.2 Å². The average Bonchev–Trinajstić information content (AvgIpc) is 3.09. The third-order valence-corrected chi connectivity index (χ3v) is 3.80. The van der Waals surface area contributed by atoms with Crippen molar-refractivity contribution in [3.8, 4) is 0 Å². The Labute approximate surface area is 131 Å². The molecule has 1 atom stereocenters. The number of rotatable bonds is 3. The fraction of sp³-hybridized carbons (Fsp3) is 0.267. The summed E-state index contributed by atoms with van der Waals surface area (Å²) in [7, 11) is 0. The van der Waals surface area contributed by atoms with Crippen LogP contribution in [-0.4, -0.2) is 47.4 Å². The molecule has 1 aromatic heterocycles. The molecule has 1 aliphatic heterocycles. The van der Waals surface area contributed by atoms with E-state index in [0.717, 1.165) is 12.1 Å². The fourth-order valence-electron chi connectivity index (χ4n) is 2.62. The standard InChI is InChI=1S/C15H15FN4O3/c16-10-1-3-11(4-2-10)19-5-6-20(12(8-19)14(17)21)15(22)13-7-18-9-23-13/h1-4,7,9,12H,5-6,8H2,(H2,17,21). The summed E-state index contributed by atoms with van der Waals surface area (Å²) < 4.78 is 18.0. The zero-order valence-corrected chi connectivity index (χ0v) is 12.2. The lowest BCUT2D eigenvalue weighted by molar-refractivity contribution is -0.122. The van der Waals surface area contributed by atoms with Crippen LogP contribution in [0.4, 0.5) is 10.1 Å². The predicted molar refractivity (Wildman–Crippen MR) is 79.1 cm³/mol. The summed E-state index contributed by atoms with van der Waals surface area (Å²) in [4.78, 5) is 31.1. The molecule has 1 aromatic carbocycles. The van der Waals surface area contributed by atoms with Crippen molar-refractivity contribution in [3.05, 3.63) is 48.4 Å². The molecule has 0 bridgehead atoms. The van der Waals surface area contributed by atoms with E-state index in [0.29, 0.717) is 13.1 Å². The number of nitrogens with two attached hydrogens (primary N) is 1. The number of halogens is 1. The summed E-state index contributed by atoms with van der Waals surface area (Å²) in [6.45, 7) is 1.03. The van der Waals surface area contributed by atoms with Crippen molar-refractivity contribution in [1.82, 2.24) is 9.88 Å². The summed E-state index contributed by atoms with van der Waals surface area (Å²) in [5.41, 5.74) is 6.22. The maximum atomic E-state index is 13.0. The molecule has 3 rings (SSSR count). The van der Waals surface area contributed by atoms with Crippen molar-refractivity contribution in [2.75, 3.05) is 24.5 Å². The zero-order chi connectivity index (χ0) is 16.4. The van der Waals surface area contributed by atoms with Crippen LogP contribution < -0.4 is 10.6 Å².